The zero-order chi connectivity index (χ0) is 13.4. The molecule has 0 fully saturated rings. The van der Waals surface area contributed by atoms with Gasteiger partial charge in [0.15, 0.2) is 0 Å². The Hall–Kier alpha value is -0.140. The Morgan fingerprint density at radius 2 is 2.22 bits per heavy atom. The molecule has 0 saturated carbocycles. The molecule has 0 spiro atoms. The Bertz CT molecular complexity index is 399. The van der Waals surface area contributed by atoms with Crippen LogP contribution in [-0.2, 0) is 4.74 Å². The molecule has 0 aliphatic rings. The minimum Gasteiger partial charge on any atom is -0.380 e. The zero-order valence-electron chi connectivity index (χ0n) is 10.3. The van der Waals surface area contributed by atoms with Crippen LogP contribution in [0.5, 0.6) is 0 Å². The van der Waals surface area contributed by atoms with Gasteiger partial charge >= 0.3 is 0 Å². The van der Waals surface area contributed by atoms with E-state index in [9.17, 15) is 4.79 Å². The molecular formula is C13H17BrINO2. The minimum atomic E-state index is -0.0557. The standard InChI is InChI=1S/C13H17BrINO2/c1-2-3-7-18-8-6-16-13(17)11-9-10(14)4-5-12(11)15/h4-5,9H,2-3,6-8H2,1H3,(H,16,17). The van der Waals surface area contributed by atoms with Crippen LogP contribution in [0, 0.1) is 3.57 Å². The normalized spacial score (nSPS) is 10.4. The Balaban J connectivity index is 2.34. The molecule has 1 aromatic rings. The number of hydrogen-bond acceptors (Lipinski definition) is 2. The van der Waals surface area contributed by atoms with Gasteiger partial charge in [0.05, 0.1) is 12.2 Å². The van der Waals surface area contributed by atoms with Gasteiger partial charge in [-0.25, -0.2) is 0 Å². The first-order valence-electron chi connectivity index (χ1n) is 5.96. The van der Waals surface area contributed by atoms with Crippen molar-refractivity contribution in [2.24, 2.45) is 0 Å². The lowest BCUT2D eigenvalue weighted by Crippen LogP contribution is -2.28. The molecule has 0 aliphatic carbocycles. The van der Waals surface area contributed by atoms with Crippen LogP contribution in [0.15, 0.2) is 22.7 Å². The first-order chi connectivity index (χ1) is 8.65. The van der Waals surface area contributed by atoms with Crippen LogP contribution < -0.4 is 5.32 Å². The summed E-state index contributed by atoms with van der Waals surface area (Å²) in [6.45, 7) is 4.00. The van der Waals surface area contributed by atoms with E-state index in [-0.39, 0.29) is 5.91 Å². The molecule has 18 heavy (non-hydrogen) atoms. The van der Waals surface area contributed by atoms with Crippen LogP contribution in [0.4, 0.5) is 0 Å². The van der Waals surface area contributed by atoms with Gasteiger partial charge in [-0.3, -0.25) is 4.79 Å². The monoisotopic (exact) mass is 425 g/mol. The smallest absolute Gasteiger partial charge is 0.252 e. The highest BCUT2D eigenvalue weighted by Crippen LogP contribution is 2.18. The number of halogens is 2. The van der Waals surface area contributed by atoms with Crippen LogP contribution in [-0.4, -0.2) is 25.7 Å². The van der Waals surface area contributed by atoms with E-state index >= 15 is 0 Å². The number of benzene rings is 1. The summed E-state index contributed by atoms with van der Waals surface area (Å²) in [5, 5.41) is 2.85. The fraction of sp³-hybridized carbons (Fsp3) is 0.462. The number of amides is 1. The van der Waals surface area contributed by atoms with Gasteiger partial charge in [0.1, 0.15) is 0 Å². The highest BCUT2D eigenvalue weighted by Gasteiger charge is 2.09. The molecule has 0 aromatic heterocycles. The van der Waals surface area contributed by atoms with E-state index in [1.165, 1.54) is 0 Å². The maximum absolute atomic E-state index is 11.9. The average Bonchev–Trinajstić information content (AvgIpc) is 2.36. The van der Waals surface area contributed by atoms with Gasteiger partial charge < -0.3 is 10.1 Å². The topological polar surface area (TPSA) is 38.3 Å². The molecule has 0 saturated heterocycles. The summed E-state index contributed by atoms with van der Waals surface area (Å²) in [7, 11) is 0. The SMILES string of the molecule is CCCCOCCNC(=O)c1cc(Br)ccc1I. The molecule has 1 N–H and O–H groups in total. The second-order valence-electron chi connectivity index (χ2n) is 3.85. The number of carbonyl (C=O) groups is 1. The highest BCUT2D eigenvalue weighted by atomic mass is 127. The van der Waals surface area contributed by atoms with Crippen molar-refractivity contribution in [3.05, 3.63) is 31.8 Å². The van der Waals surface area contributed by atoms with Crippen molar-refractivity contribution in [1.82, 2.24) is 5.32 Å². The lowest BCUT2D eigenvalue weighted by Gasteiger charge is -2.08. The average molecular weight is 426 g/mol. The molecule has 100 valence electrons. The summed E-state index contributed by atoms with van der Waals surface area (Å²) < 4.78 is 7.24. The molecule has 0 aliphatic heterocycles. The number of unbranched alkanes of at least 4 members (excludes halogenated alkanes) is 1. The fourth-order valence-electron chi connectivity index (χ4n) is 1.35. The molecular weight excluding hydrogens is 409 g/mol. The summed E-state index contributed by atoms with van der Waals surface area (Å²) in [5.74, 6) is -0.0557. The van der Waals surface area contributed by atoms with E-state index in [4.69, 9.17) is 4.74 Å². The van der Waals surface area contributed by atoms with Gasteiger partial charge in [-0.2, -0.15) is 0 Å². The lowest BCUT2D eigenvalue weighted by atomic mass is 10.2. The summed E-state index contributed by atoms with van der Waals surface area (Å²) in [6.07, 6.45) is 2.19. The maximum atomic E-state index is 11.9. The van der Waals surface area contributed by atoms with Crippen molar-refractivity contribution in [2.75, 3.05) is 19.8 Å². The van der Waals surface area contributed by atoms with E-state index in [1.54, 1.807) is 0 Å². The molecule has 0 heterocycles. The van der Waals surface area contributed by atoms with Crippen LogP contribution in [0.3, 0.4) is 0 Å². The quantitative estimate of drug-likeness (QED) is 0.535. The van der Waals surface area contributed by atoms with Crippen LogP contribution >= 0.6 is 38.5 Å². The fourth-order valence-corrected chi connectivity index (χ4v) is 2.29. The van der Waals surface area contributed by atoms with Gasteiger partial charge in [0, 0.05) is 21.2 Å². The molecule has 1 rings (SSSR count). The van der Waals surface area contributed by atoms with Crippen molar-refractivity contribution in [3.63, 3.8) is 0 Å². The molecule has 0 unspecified atom stereocenters. The molecule has 1 aromatic carbocycles. The third kappa shape index (κ3) is 5.67. The first kappa shape index (κ1) is 15.9. The number of hydrogen-bond donors (Lipinski definition) is 1. The largest absolute Gasteiger partial charge is 0.380 e. The van der Waals surface area contributed by atoms with Crippen molar-refractivity contribution in [2.45, 2.75) is 19.8 Å². The van der Waals surface area contributed by atoms with Crippen molar-refractivity contribution >= 4 is 44.4 Å². The van der Waals surface area contributed by atoms with Gasteiger partial charge in [-0.05, 0) is 47.2 Å². The summed E-state index contributed by atoms with van der Waals surface area (Å²) in [4.78, 5) is 11.9. The Kier molecular flexibility index (Phi) is 7.85. The zero-order valence-corrected chi connectivity index (χ0v) is 14.1. The van der Waals surface area contributed by atoms with Gasteiger partial charge in [0.2, 0.25) is 0 Å². The van der Waals surface area contributed by atoms with Gasteiger partial charge in [-0.1, -0.05) is 29.3 Å². The van der Waals surface area contributed by atoms with Gasteiger partial charge in [-0.15, -0.1) is 0 Å². The number of nitrogens with one attached hydrogen (secondary N) is 1. The third-order valence-corrected chi connectivity index (χ3v) is 3.78. The Morgan fingerprint density at radius 1 is 1.44 bits per heavy atom. The molecule has 0 atom stereocenters. The second kappa shape index (κ2) is 8.87. The Morgan fingerprint density at radius 3 is 2.94 bits per heavy atom. The summed E-state index contributed by atoms with van der Waals surface area (Å²) >= 11 is 5.53. The van der Waals surface area contributed by atoms with Crippen LogP contribution in [0.25, 0.3) is 0 Å². The third-order valence-electron chi connectivity index (χ3n) is 2.35. The van der Waals surface area contributed by atoms with E-state index in [1.807, 2.05) is 18.2 Å². The molecule has 0 radical (unpaired) electrons. The van der Waals surface area contributed by atoms with E-state index < -0.39 is 0 Å². The predicted octanol–water partition coefficient (Wildman–Crippen LogP) is 3.60. The second-order valence-corrected chi connectivity index (χ2v) is 5.92. The Labute approximate surface area is 130 Å². The van der Waals surface area contributed by atoms with Gasteiger partial charge in [0.25, 0.3) is 5.91 Å². The van der Waals surface area contributed by atoms with E-state index in [0.29, 0.717) is 18.7 Å². The lowest BCUT2D eigenvalue weighted by molar-refractivity contribution is 0.0912. The number of rotatable bonds is 7. The first-order valence-corrected chi connectivity index (χ1v) is 7.83. The van der Waals surface area contributed by atoms with E-state index in [0.717, 1.165) is 27.5 Å². The minimum absolute atomic E-state index is 0.0557. The number of ether oxygens (including phenoxy) is 1. The van der Waals surface area contributed by atoms with E-state index in [2.05, 4.69) is 50.8 Å². The molecule has 1 amide bonds. The molecule has 0 bridgehead atoms. The summed E-state index contributed by atoms with van der Waals surface area (Å²) in [6, 6.07) is 5.67. The van der Waals surface area contributed by atoms with Crippen molar-refractivity contribution < 1.29 is 9.53 Å². The van der Waals surface area contributed by atoms with Crippen molar-refractivity contribution in [1.29, 1.82) is 0 Å². The van der Waals surface area contributed by atoms with Crippen molar-refractivity contribution in [3.8, 4) is 0 Å². The summed E-state index contributed by atoms with van der Waals surface area (Å²) in [5.41, 5.74) is 0.693. The van der Waals surface area contributed by atoms with Crippen LogP contribution in [0.1, 0.15) is 30.1 Å². The van der Waals surface area contributed by atoms with Crippen LogP contribution in [0.2, 0.25) is 0 Å². The number of carbonyl (C=O) groups excluding carboxylic acids is 1. The predicted molar refractivity (Wildman–Crippen MR) is 84.9 cm³/mol. The maximum Gasteiger partial charge on any atom is 0.252 e. The molecule has 3 nitrogen and oxygen atoms in total. The highest BCUT2D eigenvalue weighted by molar-refractivity contribution is 14.1. The molecule has 5 heteroatoms.